The number of carbonyl (C=O) groups excluding carboxylic acids is 1. The molecule has 1 N–H and O–H groups in total. The van der Waals surface area contributed by atoms with E-state index in [2.05, 4.69) is 78.6 Å². The van der Waals surface area contributed by atoms with E-state index in [9.17, 15) is 4.79 Å². The summed E-state index contributed by atoms with van der Waals surface area (Å²) in [7, 11) is 0. The summed E-state index contributed by atoms with van der Waals surface area (Å²) in [6, 6.07) is 35.1. The topological polar surface area (TPSA) is 36.1 Å². The number of rotatable bonds is 4. The van der Waals surface area contributed by atoms with Crippen molar-refractivity contribution in [2.24, 2.45) is 0 Å². The quantitative estimate of drug-likeness (QED) is 0.332. The number of nitrogens with zero attached hydrogens (tertiary/aromatic N) is 1. The van der Waals surface area contributed by atoms with Crippen molar-refractivity contribution < 1.29 is 4.79 Å². The van der Waals surface area contributed by atoms with E-state index in [1.807, 2.05) is 41.3 Å². The minimum atomic E-state index is -0.165. The predicted molar refractivity (Wildman–Crippen MR) is 133 cm³/mol. The third-order valence-corrected chi connectivity index (χ3v) is 6.61. The third kappa shape index (κ3) is 3.25. The molecular formula is C30H24N2O. The van der Waals surface area contributed by atoms with Gasteiger partial charge < -0.3 is 9.88 Å². The van der Waals surface area contributed by atoms with Crippen LogP contribution >= 0.6 is 0 Å². The van der Waals surface area contributed by atoms with Gasteiger partial charge in [-0.3, -0.25) is 4.79 Å². The van der Waals surface area contributed by atoms with E-state index in [1.54, 1.807) is 0 Å². The normalized spacial score (nSPS) is 15.2. The summed E-state index contributed by atoms with van der Waals surface area (Å²) in [6.07, 6.45) is 0. The van der Waals surface area contributed by atoms with Gasteiger partial charge in [-0.05, 0) is 35.7 Å². The lowest BCUT2D eigenvalue weighted by atomic mass is 9.93. The molecule has 0 saturated carbocycles. The molecule has 33 heavy (non-hydrogen) atoms. The molecule has 0 saturated heterocycles. The first-order chi connectivity index (χ1) is 16.2. The second kappa shape index (κ2) is 7.79. The molecular weight excluding hydrogens is 404 g/mol. The highest BCUT2D eigenvalue weighted by atomic mass is 16.2. The van der Waals surface area contributed by atoms with E-state index in [0.717, 1.165) is 44.4 Å². The van der Waals surface area contributed by atoms with Gasteiger partial charge in [0.2, 0.25) is 0 Å². The summed E-state index contributed by atoms with van der Waals surface area (Å²) < 4.78 is 0. The molecule has 1 unspecified atom stereocenters. The molecule has 3 heteroatoms. The molecule has 3 nitrogen and oxygen atoms in total. The number of para-hydroxylation sites is 1. The maximum absolute atomic E-state index is 13.7. The van der Waals surface area contributed by atoms with Crippen molar-refractivity contribution in [3.63, 3.8) is 0 Å². The van der Waals surface area contributed by atoms with Crippen LogP contribution in [-0.2, 0) is 6.54 Å². The number of aryl methyl sites for hydroxylation is 1. The molecule has 1 aliphatic rings. The molecule has 0 bridgehead atoms. The van der Waals surface area contributed by atoms with Crippen LogP contribution in [0.2, 0.25) is 0 Å². The second-order valence-corrected chi connectivity index (χ2v) is 8.73. The van der Waals surface area contributed by atoms with Crippen LogP contribution in [0, 0.1) is 6.92 Å². The van der Waals surface area contributed by atoms with Crippen LogP contribution in [0.1, 0.15) is 38.7 Å². The van der Waals surface area contributed by atoms with Crippen molar-refractivity contribution in [1.29, 1.82) is 0 Å². The molecule has 1 aromatic heterocycles. The van der Waals surface area contributed by atoms with Gasteiger partial charge in [0.05, 0.1) is 11.7 Å². The highest BCUT2D eigenvalue weighted by Gasteiger charge is 2.40. The second-order valence-electron chi connectivity index (χ2n) is 8.73. The first-order valence-corrected chi connectivity index (χ1v) is 11.3. The van der Waals surface area contributed by atoms with Crippen LogP contribution in [0.4, 0.5) is 0 Å². The molecule has 1 amide bonds. The zero-order valence-electron chi connectivity index (χ0n) is 18.5. The van der Waals surface area contributed by atoms with Crippen LogP contribution in [0.15, 0.2) is 103 Å². The average Bonchev–Trinajstić information content (AvgIpc) is 3.36. The highest BCUT2D eigenvalue weighted by Crippen LogP contribution is 2.46. The summed E-state index contributed by atoms with van der Waals surface area (Å²) in [5.41, 5.74) is 8.65. The Bertz CT molecular complexity index is 1460. The molecule has 0 radical (unpaired) electrons. The van der Waals surface area contributed by atoms with Gasteiger partial charge >= 0.3 is 0 Å². The minimum absolute atomic E-state index is 0.0830. The maximum atomic E-state index is 13.7. The molecule has 160 valence electrons. The monoisotopic (exact) mass is 428 g/mol. The summed E-state index contributed by atoms with van der Waals surface area (Å²) in [4.78, 5) is 19.3. The maximum Gasteiger partial charge on any atom is 0.255 e. The Hall–Kier alpha value is -4.11. The first kappa shape index (κ1) is 19.6. The van der Waals surface area contributed by atoms with Gasteiger partial charge in [-0.1, -0.05) is 96.6 Å². The standard InChI is InChI=1S/C30H24N2O/c1-20-15-17-22(18-16-20)28-27(25-13-7-8-14-26(25)31-28)29-23-11-5-6-12-24(23)30(33)32(29)19-21-9-3-2-4-10-21/h2-18,29,31H,19H2,1H3. The van der Waals surface area contributed by atoms with Crippen LogP contribution in [0.3, 0.4) is 0 Å². The molecule has 1 atom stereocenters. The number of carbonyl (C=O) groups is 1. The molecule has 0 spiro atoms. The van der Waals surface area contributed by atoms with Crippen molar-refractivity contribution in [2.45, 2.75) is 19.5 Å². The largest absolute Gasteiger partial charge is 0.354 e. The Labute approximate surface area is 193 Å². The Kier molecular flexibility index (Phi) is 4.62. The molecule has 6 rings (SSSR count). The van der Waals surface area contributed by atoms with E-state index in [1.165, 1.54) is 5.56 Å². The number of nitrogens with one attached hydrogen (secondary N) is 1. The lowest BCUT2D eigenvalue weighted by Crippen LogP contribution is -2.28. The zero-order valence-corrected chi connectivity index (χ0v) is 18.5. The Balaban J connectivity index is 1.60. The van der Waals surface area contributed by atoms with Gasteiger partial charge in [-0.15, -0.1) is 0 Å². The number of aromatic nitrogens is 1. The molecule has 2 heterocycles. The van der Waals surface area contributed by atoms with E-state index in [4.69, 9.17) is 0 Å². The SMILES string of the molecule is Cc1ccc(-c2[nH]c3ccccc3c2C2c3ccccc3C(=O)N2Cc2ccccc2)cc1. The van der Waals surface area contributed by atoms with Crippen LogP contribution in [0.5, 0.6) is 0 Å². The number of H-pyrrole nitrogens is 1. The number of fused-ring (bicyclic) bond motifs is 2. The lowest BCUT2D eigenvalue weighted by molar-refractivity contribution is 0.0737. The summed E-state index contributed by atoms with van der Waals surface area (Å²) in [5, 5.41) is 1.15. The molecule has 0 aliphatic carbocycles. The van der Waals surface area contributed by atoms with Gasteiger partial charge in [-0.2, -0.15) is 0 Å². The number of amides is 1. The van der Waals surface area contributed by atoms with Crippen LogP contribution < -0.4 is 0 Å². The fraction of sp³-hybridized carbons (Fsp3) is 0.100. The number of benzene rings is 4. The third-order valence-electron chi connectivity index (χ3n) is 6.61. The van der Waals surface area contributed by atoms with Crippen LogP contribution in [0.25, 0.3) is 22.2 Å². The van der Waals surface area contributed by atoms with Gasteiger partial charge in [0.15, 0.2) is 0 Å². The Morgan fingerprint density at radius 3 is 2.30 bits per heavy atom. The number of aromatic amines is 1. The van der Waals surface area contributed by atoms with E-state index in [-0.39, 0.29) is 11.9 Å². The minimum Gasteiger partial charge on any atom is -0.354 e. The number of hydrogen-bond donors (Lipinski definition) is 1. The molecule has 5 aromatic rings. The Morgan fingerprint density at radius 2 is 1.48 bits per heavy atom. The fourth-order valence-corrected chi connectivity index (χ4v) is 5.02. The zero-order chi connectivity index (χ0) is 22.4. The van der Waals surface area contributed by atoms with Gasteiger partial charge in [0, 0.05) is 28.6 Å². The van der Waals surface area contributed by atoms with Gasteiger partial charge in [0.25, 0.3) is 5.91 Å². The van der Waals surface area contributed by atoms with Crippen LogP contribution in [-0.4, -0.2) is 15.8 Å². The molecule has 0 fully saturated rings. The molecule has 1 aliphatic heterocycles. The van der Waals surface area contributed by atoms with Gasteiger partial charge in [-0.25, -0.2) is 0 Å². The summed E-state index contributed by atoms with van der Waals surface area (Å²) >= 11 is 0. The van der Waals surface area contributed by atoms with Crippen molar-refractivity contribution in [3.05, 3.63) is 131 Å². The predicted octanol–water partition coefficient (Wildman–Crippen LogP) is 6.89. The van der Waals surface area contributed by atoms with E-state index in [0.29, 0.717) is 6.54 Å². The van der Waals surface area contributed by atoms with E-state index < -0.39 is 0 Å². The average molecular weight is 429 g/mol. The highest BCUT2D eigenvalue weighted by molar-refractivity contribution is 6.02. The first-order valence-electron chi connectivity index (χ1n) is 11.3. The molecule has 4 aromatic carbocycles. The fourth-order valence-electron chi connectivity index (χ4n) is 5.02. The van der Waals surface area contributed by atoms with Crippen molar-refractivity contribution in [3.8, 4) is 11.3 Å². The van der Waals surface area contributed by atoms with Crippen molar-refractivity contribution in [1.82, 2.24) is 9.88 Å². The Morgan fingerprint density at radius 1 is 0.788 bits per heavy atom. The van der Waals surface area contributed by atoms with E-state index >= 15 is 0 Å². The number of hydrogen-bond acceptors (Lipinski definition) is 1. The lowest BCUT2D eigenvalue weighted by Gasteiger charge is -2.27. The van der Waals surface area contributed by atoms with Crippen molar-refractivity contribution in [2.75, 3.05) is 0 Å². The van der Waals surface area contributed by atoms with Crippen molar-refractivity contribution >= 4 is 16.8 Å². The summed E-state index contributed by atoms with van der Waals surface area (Å²) in [6.45, 7) is 2.66. The van der Waals surface area contributed by atoms with Gasteiger partial charge in [0.1, 0.15) is 0 Å². The summed E-state index contributed by atoms with van der Waals surface area (Å²) in [5.74, 6) is 0.0830. The smallest absolute Gasteiger partial charge is 0.255 e.